The molecule has 2 nitrogen and oxygen atoms in total. The van der Waals surface area contributed by atoms with Gasteiger partial charge in [0.05, 0.1) is 7.11 Å². The molecule has 3 heteroatoms. The summed E-state index contributed by atoms with van der Waals surface area (Å²) in [6.07, 6.45) is -0.198. The van der Waals surface area contributed by atoms with Gasteiger partial charge in [-0.1, -0.05) is 12.1 Å². The van der Waals surface area contributed by atoms with Crippen molar-refractivity contribution in [3.63, 3.8) is 0 Å². The summed E-state index contributed by atoms with van der Waals surface area (Å²) in [5.74, 6) is 0.831. The predicted molar refractivity (Wildman–Crippen MR) is 57.9 cm³/mol. The maximum absolute atomic E-state index is 13.2. The van der Waals surface area contributed by atoms with Crippen LogP contribution in [0.3, 0.4) is 0 Å². The summed E-state index contributed by atoms with van der Waals surface area (Å²) in [5, 5.41) is 3.22. The third kappa shape index (κ3) is 1.97. The number of alkyl halides is 1. The van der Waals surface area contributed by atoms with Crippen molar-refractivity contribution in [1.29, 1.82) is 0 Å². The zero-order chi connectivity index (χ0) is 10.9. The van der Waals surface area contributed by atoms with Gasteiger partial charge < -0.3 is 10.1 Å². The highest BCUT2D eigenvalue weighted by Crippen LogP contribution is 2.32. The number of hydrogen-bond acceptors (Lipinski definition) is 2. The molecule has 0 saturated carbocycles. The third-order valence-corrected chi connectivity index (χ3v) is 3.07. The lowest BCUT2D eigenvalue weighted by Gasteiger charge is -2.24. The van der Waals surface area contributed by atoms with Crippen LogP contribution in [-0.4, -0.2) is 19.8 Å². The van der Waals surface area contributed by atoms with E-state index in [0.717, 1.165) is 11.3 Å². The molecule has 0 radical (unpaired) electrons. The van der Waals surface area contributed by atoms with Crippen LogP contribution in [0.5, 0.6) is 5.75 Å². The van der Waals surface area contributed by atoms with E-state index in [1.807, 2.05) is 31.2 Å². The van der Waals surface area contributed by atoms with E-state index >= 15 is 0 Å². The highest BCUT2D eigenvalue weighted by molar-refractivity contribution is 5.32. The largest absolute Gasteiger partial charge is 0.497 e. The number of rotatable bonds is 2. The van der Waals surface area contributed by atoms with E-state index in [9.17, 15) is 4.39 Å². The fourth-order valence-corrected chi connectivity index (χ4v) is 2.10. The Hall–Kier alpha value is -1.09. The Kier molecular flexibility index (Phi) is 2.65. The van der Waals surface area contributed by atoms with Gasteiger partial charge in [0, 0.05) is 18.5 Å². The first-order chi connectivity index (χ1) is 7.14. The Labute approximate surface area is 89.4 Å². The summed E-state index contributed by atoms with van der Waals surface area (Å²) in [5.41, 5.74) is 0.884. The van der Waals surface area contributed by atoms with Crippen molar-refractivity contribution in [2.24, 2.45) is 0 Å². The normalized spacial score (nSPS) is 30.5. The molecule has 1 heterocycles. The van der Waals surface area contributed by atoms with Crippen molar-refractivity contribution < 1.29 is 9.13 Å². The van der Waals surface area contributed by atoms with E-state index in [2.05, 4.69) is 5.32 Å². The molecule has 1 aliphatic heterocycles. The van der Waals surface area contributed by atoms with E-state index in [-0.39, 0.29) is 5.54 Å². The summed E-state index contributed by atoms with van der Waals surface area (Å²) in [6.45, 7) is 2.48. The molecule has 82 valence electrons. The molecule has 15 heavy (non-hydrogen) atoms. The van der Waals surface area contributed by atoms with E-state index in [1.165, 1.54) is 0 Å². The molecule has 0 amide bonds. The average Bonchev–Trinajstić information content (AvgIpc) is 2.60. The lowest BCUT2D eigenvalue weighted by molar-refractivity contribution is 0.333. The van der Waals surface area contributed by atoms with Crippen molar-refractivity contribution in [2.75, 3.05) is 13.7 Å². The smallest absolute Gasteiger partial charge is 0.118 e. The van der Waals surface area contributed by atoms with Crippen molar-refractivity contribution in [3.8, 4) is 5.75 Å². The van der Waals surface area contributed by atoms with E-state index in [0.29, 0.717) is 13.0 Å². The molecule has 1 fully saturated rings. The highest BCUT2D eigenvalue weighted by atomic mass is 19.1. The second-order valence-corrected chi connectivity index (χ2v) is 4.24. The Balaban J connectivity index is 2.22. The SMILES string of the molecule is COc1ccc(C2(C)CC(F)CN2)cc1. The summed E-state index contributed by atoms with van der Waals surface area (Å²) in [7, 11) is 1.64. The molecular weight excluding hydrogens is 193 g/mol. The van der Waals surface area contributed by atoms with Gasteiger partial charge in [-0.2, -0.15) is 0 Å². The van der Waals surface area contributed by atoms with Crippen LogP contribution in [0.1, 0.15) is 18.9 Å². The summed E-state index contributed by atoms with van der Waals surface area (Å²) in [6, 6.07) is 7.80. The minimum atomic E-state index is -0.739. The van der Waals surface area contributed by atoms with Crippen LogP contribution in [0.2, 0.25) is 0 Å². The molecule has 1 aliphatic rings. The van der Waals surface area contributed by atoms with Gasteiger partial charge in [-0.3, -0.25) is 0 Å². The fourth-order valence-electron chi connectivity index (χ4n) is 2.10. The third-order valence-electron chi connectivity index (χ3n) is 3.07. The van der Waals surface area contributed by atoms with Crippen molar-refractivity contribution >= 4 is 0 Å². The van der Waals surface area contributed by atoms with E-state index in [4.69, 9.17) is 4.74 Å². The number of hydrogen-bond donors (Lipinski definition) is 1. The van der Waals surface area contributed by atoms with Crippen LogP contribution in [0.4, 0.5) is 4.39 Å². The van der Waals surface area contributed by atoms with Gasteiger partial charge in [-0.05, 0) is 24.6 Å². The number of halogens is 1. The van der Waals surface area contributed by atoms with Crippen LogP contribution in [0.15, 0.2) is 24.3 Å². The first kappa shape index (κ1) is 10.4. The predicted octanol–water partition coefficient (Wildman–Crippen LogP) is 2.24. The van der Waals surface area contributed by atoms with Gasteiger partial charge >= 0.3 is 0 Å². The Morgan fingerprint density at radius 3 is 2.53 bits per heavy atom. The Bertz CT molecular complexity index is 338. The lowest BCUT2D eigenvalue weighted by Crippen LogP contribution is -2.32. The zero-order valence-electron chi connectivity index (χ0n) is 9.09. The molecule has 1 N–H and O–H groups in total. The molecule has 1 saturated heterocycles. The zero-order valence-corrected chi connectivity index (χ0v) is 9.09. The second-order valence-electron chi connectivity index (χ2n) is 4.24. The van der Waals surface area contributed by atoms with Crippen molar-refractivity contribution in [2.45, 2.75) is 25.1 Å². The first-order valence-electron chi connectivity index (χ1n) is 5.18. The molecule has 1 aromatic rings. The van der Waals surface area contributed by atoms with Crippen LogP contribution in [0, 0.1) is 0 Å². The number of ether oxygens (including phenoxy) is 1. The molecule has 0 bridgehead atoms. The van der Waals surface area contributed by atoms with Crippen LogP contribution in [0.25, 0.3) is 0 Å². The maximum Gasteiger partial charge on any atom is 0.118 e. The monoisotopic (exact) mass is 209 g/mol. The minimum Gasteiger partial charge on any atom is -0.497 e. The van der Waals surface area contributed by atoms with Crippen LogP contribution in [-0.2, 0) is 5.54 Å². The number of nitrogens with one attached hydrogen (secondary N) is 1. The molecule has 0 aliphatic carbocycles. The number of benzene rings is 1. The van der Waals surface area contributed by atoms with E-state index in [1.54, 1.807) is 7.11 Å². The van der Waals surface area contributed by atoms with Gasteiger partial charge in [0.1, 0.15) is 11.9 Å². The van der Waals surface area contributed by atoms with Crippen molar-refractivity contribution in [1.82, 2.24) is 5.32 Å². The summed E-state index contributed by atoms with van der Waals surface area (Å²) in [4.78, 5) is 0. The fraction of sp³-hybridized carbons (Fsp3) is 0.500. The van der Waals surface area contributed by atoms with Crippen LogP contribution >= 0.6 is 0 Å². The van der Waals surface area contributed by atoms with Gasteiger partial charge in [0.25, 0.3) is 0 Å². The minimum absolute atomic E-state index is 0.230. The second kappa shape index (κ2) is 3.81. The molecule has 0 aromatic heterocycles. The van der Waals surface area contributed by atoms with Gasteiger partial charge in [-0.15, -0.1) is 0 Å². The molecule has 2 rings (SSSR count). The summed E-state index contributed by atoms with van der Waals surface area (Å²) < 4.78 is 18.3. The molecule has 2 atom stereocenters. The summed E-state index contributed by atoms with van der Waals surface area (Å²) >= 11 is 0. The molecule has 2 unspecified atom stereocenters. The van der Waals surface area contributed by atoms with E-state index < -0.39 is 6.17 Å². The Morgan fingerprint density at radius 2 is 2.07 bits per heavy atom. The van der Waals surface area contributed by atoms with Gasteiger partial charge in [0.15, 0.2) is 0 Å². The first-order valence-corrected chi connectivity index (χ1v) is 5.18. The molecule has 1 aromatic carbocycles. The molecule has 0 spiro atoms. The quantitative estimate of drug-likeness (QED) is 0.806. The van der Waals surface area contributed by atoms with Crippen LogP contribution < -0.4 is 10.1 Å². The maximum atomic E-state index is 13.2. The standard InChI is InChI=1S/C12H16FNO/c1-12(7-10(13)8-14-12)9-3-5-11(15-2)6-4-9/h3-6,10,14H,7-8H2,1-2H3. The lowest BCUT2D eigenvalue weighted by atomic mass is 9.90. The highest BCUT2D eigenvalue weighted by Gasteiger charge is 2.35. The van der Waals surface area contributed by atoms with Gasteiger partial charge in [-0.25, -0.2) is 4.39 Å². The molecular formula is C12H16FNO. The van der Waals surface area contributed by atoms with Gasteiger partial charge in [0.2, 0.25) is 0 Å². The Morgan fingerprint density at radius 1 is 1.40 bits per heavy atom. The topological polar surface area (TPSA) is 21.3 Å². The average molecular weight is 209 g/mol. The number of methoxy groups -OCH3 is 1. The van der Waals surface area contributed by atoms with Crippen molar-refractivity contribution in [3.05, 3.63) is 29.8 Å².